The maximum atomic E-state index is 5.90. The number of benzene rings is 1. The fraction of sp³-hybridized carbons (Fsp3) is 0. The number of nitrogens with one attached hydrogen (secondary N) is 1. The van der Waals surface area contributed by atoms with Crippen LogP contribution in [0, 0.1) is 0 Å². The third-order valence-corrected chi connectivity index (χ3v) is 2.51. The lowest BCUT2D eigenvalue weighted by molar-refractivity contribution is 1.15. The van der Waals surface area contributed by atoms with Crippen molar-refractivity contribution in [3.05, 3.63) is 41.9 Å². The van der Waals surface area contributed by atoms with Gasteiger partial charge in [-0.05, 0) is 18.2 Å². The van der Waals surface area contributed by atoms with Crippen LogP contribution in [0.5, 0.6) is 0 Å². The Kier molecular flexibility index (Phi) is 2.08. The predicted octanol–water partition coefficient (Wildman–Crippen LogP) is 2.67. The second-order valence-electron chi connectivity index (χ2n) is 3.37. The summed E-state index contributed by atoms with van der Waals surface area (Å²) in [6.07, 6.45) is 4.92. The van der Waals surface area contributed by atoms with Gasteiger partial charge < -0.3 is 4.98 Å². The minimum Gasteiger partial charge on any atom is -0.338 e. The number of aromatic amines is 1. The number of rotatable bonds is 1. The van der Waals surface area contributed by atoms with E-state index in [0.29, 0.717) is 5.02 Å². The summed E-state index contributed by atoms with van der Waals surface area (Å²) in [5.74, 6) is 0.748. The number of H-pyrrole nitrogens is 1. The van der Waals surface area contributed by atoms with Crippen LogP contribution in [-0.4, -0.2) is 19.9 Å². The largest absolute Gasteiger partial charge is 0.338 e. The standard InChI is InChI=1S/C11H7ClN4/c12-8-1-2-9-10(3-8)16-11(15-9)7-4-13-6-14-5-7/h1-6H,(H,15,16). The molecule has 1 N–H and O–H groups in total. The fourth-order valence-corrected chi connectivity index (χ4v) is 1.71. The van der Waals surface area contributed by atoms with Crippen LogP contribution >= 0.6 is 11.6 Å². The van der Waals surface area contributed by atoms with Crippen LogP contribution in [0.15, 0.2) is 36.9 Å². The van der Waals surface area contributed by atoms with Crippen molar-refractivity contribution in [2.45, 2.75) is 0 Å². The molecule has 0 aliphatic carbocycles. The van der Waals surface area contributed by atoms with Crippen molar-refractivity contribution in [1.29, 1.82) is 0 Å². The van der Waals surface area contributed by atoms with E-state index in [1.165, 1.54) is 6.33 Å². The van der Waals surface area contributed by atoms with Crippen molar-refractivity contribution in [3.63, 3.8) is 0 Å². The van der Waals surface area contributed by atoms with Crippen molar-refractivity contribution in [2.24, 2.45) is 0 Å². The van der Waals surface area contributed by atoms with E-state index in [-0.39, 0.29) is 0 Å². The maximum absolute atomic E-state index is 5.90. The van der Waals surface area contributed by atoms with Gasteiger partial charge in [-0.1, -0.05) is 11.6 Å². The number of nitrogens with zero attached hydrogens (tertiary/aromatic N) is 3. The van der Waals surface area contributed by atoms with E-state index in [1.807, 2.05) is 18.2 Å². The Bertz CT molecular complexity index is 633. The van der Waals surface area contributed by atoms with Crippen LogP contribution in [0.1, 0.15) is 0 Å². The molecule has 4 nitrogen and oxygen atoms in total. The smallest absolute Gasteiger partial charge is 0.141 e. The van der Waals surface area contributed by atoms with Crippen molar-refractivity contribution in [2.75, 3.05) is 0 Å². The molecule has 16 heavy (non-hydrogen) atoms. The van der Waals surface area contributed by atoms with Crippen LogP contribution < -0.4 is 0 Å². The van der Waals surface area contributed by atoms with Gasteiger partial charge >= 0.3 is 0 Å². The number of halogens is 1. The van der Waals surface area contributed by atoms with Crippen LogP contribution in [-0.2, 0) is 0 Å². The Balaban J connectivity index is 2.19. The number of hydrogen-bond acceptors (Lipinski definition) is 3. The van der Waals surface area contributed by atoms with Crippen LogP contribution in [0.4, 0.5) is 0 Å². The van der Waals surface area contributed by atoms with Crippen LogP contribution in [0.25, 0.3) is 22.4 Å². The summed E-state index contributed by atoms with van der Waals surface area (Å²) < 4.78 is 0. The molecule has 3 aromatic rings. The summed E-state index contributed by atoms with van der Waals surface area (Å²) in [6.45, 7) is 0. The summed E-state index contributed by atoms with van der Waals surface area (Å²) in [5, 5.41) is 0.687. The topological polar surface area (TPSA) is 54.5 Å². The van der Waals surface area contributed by atoms with Gasteiger partial charge in [-0.3, -0.25) is 0 Å². The zero-order valence-corrected chi connectivity index (χ0v) is 8.94. The average molecular weight is 231 g/mol. The molecule has 0 bridgehead atoms. The summed E-state index contributed by atoms with van der Waals surface area (Å²) >= 11 is 5.90. The Morgan fingerprint density at radius 2 is 1.94 bits per heavy atom. The zero-order chi connectivity index (χ0) is 11.0. The molecule has 0 saturated carbocycles. The van der Waals surface area contributed by atoms with E-state index in [1.54, 1.807) is 12.4 Å². The maximum Gasteiger partial charge on any atom is 0.141 e. The first-order valence-corrected chi connectivity index (χ1v) is 5.11. The van der Waals surface area contributed by atoms with Crippen molar-refractivity contribution >= 4 is 22.6 Å². The molecular weight excluding hydrogens is 224 g/mol. The van der Waals surface area contributed by atoms with Gasteiger partial charge in [0.2, 0.25) is 0 Å². The van der Waals surface area contributed by atoms with Gasteiger partial charge in [0.1, 0.15) is 12.2 Å². The number of fused-ring (bicyclic) bond motifs is 1. The van der Waals surface area contributed by atoms with Gasteiger partial charge in [0.05, 0.1) is 16.6 Å². The molecule has 0 radical (unpaired) electrons. The molecule has 0 amide bonds. The van der Waals surface area contributed by atoms with E-state index in [4.69, 9.17) is 11.6 Å². The van der Waals surface area contributed by atoms with Gasteiger partial charge in [0.15, 0.2) is 0 Å². The SMILES string of the molecule is Clc1ccc2nc(-c3cncnc3)[nH]c2c1. The highest BCUT2D eigenvalue weighted by molar-refractivity contribution is 6.31. The average Bonchev–Trinajstić information content (AvgIpc) is 2.73. The second kappa shape index (κ2) is 3.57. The van der Waals surface area contributed by atoms with Gasteiger partial charge in [0.25, 0.3) is 0 Å². The van der Waals surface area contributed by atoms with Crippen molar-refractivity contribution in [1.82, 2.24) is 19.9 Å². The zero-order valence-electron chi connectivity index (χ0n) is 8.18. The van der Waals surface area contributed by atoms with Gasteiger partial charge in [-0.2, -0.15) is 0 Å². The molecular formula is C11H7ClN4. The molecule has 1 aromatic carbocycles. The van der Waals surface area contributed by atoms with E-state index in [2.05, 4.69) is 19.9 Å². The number of aromatic nitrogens is 4. The summed E-state index contributed by atoms with van der Waals surface area (Å²) in [6, 6.07) is 5.54. The highest BCUT2D eigenvalue weighted by atomic mass is 35.5. The second-order valence-corrected chi connectivity index (χ2v) is 3.81. The monoisotopic (exact) mass is 230 g/mol. The first kappa shape index (κ1) is 9.30. The normalized spacial score (nSPS) is 10.8. The van der Waals surface area contributed by atoms with Gasteiger partial charge in [0, 0.05) is 17.4 Å². The lowest BCUT2D eigenvalue weighted by atomic mass is 10.3. The molecule has 0 aliphatic rings. The van der Waals surface area contributed by atoms with E-state index in [0.717, 1.165) is 22.4 Å². The molecule has 78 valence electrons. The molecule has 0 aliphatic heterocycles. The Labute approximate surface area is 96.3 Å². The van der Waals surface area contributed by atoms with E-state index >= 15 is 0 Å². The molecule has 0 fully saturated rings. The summed E-state index contributed by atoms with van der Waals surface area (Å²) in [5.41, 5.74) is 2.64. The molecule has 0 unspecified atom stereocenters. The van der Waals surface area contributed by atoms with E-state index < -0.39 is 0 Å². The quantitative estimate of drug-likeness (QED) is 0.699. The molecule has 5 heteroatoms. The molecule has 0 saturated heterocycles. The Morgan fingerprint density at radius 3 is 2.75 bits per heavy atom. The fourth-order valence-electron chi connectivity index (χ4n) is 1.54. The summed E-state index contributed by atoms with van der Waals surface area (Å²) in [7, 11) is 0. The van der Waals surface area contributed by atoms with Crippen molar-refractivity contribution in [3.8, 4) is 11.4 Å². The minimum absolute atomic E-state index is 0.687. The molecule has 2 aromatic heterocycles. The Hall–Kier alpha value is -1.94. The van der Waals surface area contributed by atoms with Crippen LogP contribution in [0.3, 0.4) is 0 Å². The highest BCUT2D eigenvalue weighted by Crippen LogP contribution is 2.21. The molecule has 0 atom stereocenters. The van der Waals surface area contributed by atoms with Gasteiger partial charge in [-0.15, -0.1) is 0 Å². The first-order valence-electron chi connectivity index (χ1n) is 4.73. The van der Waals surface area contributed by atoms with Gasteiger partial charge in [-0.25, -0.2) is 15.0 Å². The first-order chi connectivity index (χ1) is 7.83. The Morgan fingerprint density at radius 1 is 1.12 bits per heavy atom. The highest BCUT2D eigenvalue weighted by Gasteiger charge is 2.05. The van der Waals surface area contributed by atoms with E-state index in [9.17, 15) is 0 Å². The molecule has 0 spiro atoms. The predicted molar refractivity (Wildman–Crippen MR) is 62.1 cm³/mol. The third kappa shape index (κ3) is 1.53. The van der Waals surface area contributed by atoms with Crippen LogP contribution in [0.2, 0.25) is 5.02 Å². The molecule has 2 heterocycles. The van der Waals surface area contributed by atoms with Crippen molar-refractivity contribution < 1.29 is 0 Å². The number of imidazole rings is 1. The number of hydrogen-bond donors (Lipinski definition) is 1. The minimum atomic E-state index is 0.687. The third-order valence-electron chi connectivity index (χ3n) is 2.28. The summed E-state index contributed by atoms with van der Waals surface area (Å²) in [4.78, 5) is 15.5. The lowest BCUT2D eigenvalue weighted by Crippen LogP contribution is -1.83. The lowest BCUT2D eigenvalue weighted by Gasteiger charge is -1.91. The molecule has 3 rings (SSSR count).